The first-order valence-electron chi connectivity index (χ1n) is 6.61. The lowest BCUT2D eigenvalue weighted by Crippen LogP contribution is -2.15. The van der Waals surface area contributed by atoms with Crippen molar-refractivity contribution in [3.8, 4) is 11.1 Å². The van der Waals surface area contributed by atoms with Gasteiger partial charge in [0.2, 0.25) is 0 Å². The normalized spacial score (nSPS) is 14.6. The monoisotopic (exact) mass is 293 g/mol. The minimum absolute atomic E-state index is 0.230. The summed E-state index contributed by atoms with van der Waals surface area (Å²) < 4.78 is 27.0. The van der Waals surface area contributed by atoms with Crippen molar-refractivity contribution < 1.29 is 8.78 Å². The fourth-order valence-corrected chi connectivity index (χ4v) is 2.37. The van der Waals surface area contributed by atoms with E-state index in [0.717, 1.165) is 11.6 Å². The highest BCUT2D eigenvalue weighted by Crippen LogP contribution is 2.29. The Morgan fingerprint density at radius 2 is 1.95 bits per heavy atom. The van der Waals surface area contributed by atoms with Crippen LogP contribution in [0, 0.1) is 11.6 Å². The van der Waals surface area contributed by atoms with Gasteiger partial charge in [-0.05, 0) is 36.1 Å². The Kier molecular flexibility index (Phi) is 3.72. The van der Waals surface area contributed by atoms with Crippen molar-refractivity contribution in [3.63, 3.8) is 0 Å². The van der Waals surface area contributed by atoms with Crippen molar-refractivity contribution in [2.45, 2.75) is 25.4 Å². The molecular weight excluding hydrogens is 280 g/mol. The lowest BCUT2D eigenvalue weighted by molar-refractivity contribution is 0.511. The molecule has 0 atom stereocenters. The first-order valence-corrected chi connectivity index (χ1v) is 6.99. The van der Waals surface area contributed by atoms with E-state index in [2.05, 4.69) is 5.32 Å². The van der Waals surface area contributed by atoms with E-state index in [1.54, 1.807) is 18.2 Å². The third-order valence-electron chi connectivity index (χ3n) is 3.47. The molecule has 0 aromatic heterocycles. The lowest BCUT2D eigenvalue weighted by Gasteiger charge is -2.09. The molecule has 0 aliphatic heterocycles. The SMILES string of the molecule is Fc1cccc(-c2ccc(CNC3CC3)c(Cl)c2)c1F. The molecule has 0 unspecified atom stereocenters. The van der Waals surface area contributed by atoms with Gasteiger partial charge < -0.3 is 5.32 Å². The van der Waals surface area contributed by atoms with Gasteiger partial charge in [0, 0.05) is 23.2 Å². The summed E-state index contributed by atoms with van der Waals surface area (Å²) in [5.41, 5.74) is 1.79. The highest BCUT2D eigenvalue weighted by atomic mass is 35.5. The van der Waals surface area contributed by atoms with Crippen molar-refractivity contribution in [3.05, 3.63) is 58.6 Å². The number of nitrogens with one attached hydrogen (secondary N) is 1. The molecule has 1 aliphatic rings. The molecule has 1 nitrogen and oxygen atoms in total. The van der Waals surface area contributed by atoms with Crippen LogP contribution in [0.2, 0.25) is 5.02 Å². The van der Waals surface area contributed by atoms with Crippen LogP contribution in [-0.4, -0.2) is 6.04 Å². The molecule has 104 valence electrons. The first kappa shape index (κ1) is 13.5. The Morgan fingerprint density at radius 1 is 1.15 bits per heavy atom. The van der Waals surface area contributed by atoms with E-state index < -0.39 is 11.6 Å². The van der Waals surface area contributed by atoms with Crippen LogP contribution in [0.15, 0.2) is 36.4 Å². The molecule has 2 aromatic carbocycles. The molecule has 1 saturated carbocycles. The molecule has 1 aliphatic carbocycles. The number of rotatable bonds is 4. The predicted octanol–water partition coefficient (Wildman–Crippen LogP) is 4.54. The van der Waals surface area contributed by atoms with Crippen LogP contribution < -0.4 is 5.32 Å². The van der Waals surface area contributed by atoms with E-state index in [1.165, 1.54) is 18.9 Å². The Morgan fingerprint density at radius 3 is 2.65 bits per heavy atom. The molecule has 0 spiro atoms. The maximum atomic E-state index is 13.8. The highest BCUT2D eigenvalue weighted by molar-refractivity contribution is 6.31. The third kappa shape index (κ3) is 2.84. The molecule has 0 saturated heterocycles. The first-order chi connectivity index (χ1) is 9.65. The topological polar surface area (TPSA) is 12.0 Å². The summed E-state index contributed by atoms with van der Waals surface area (Å²) in [6.45, 7) is 0.704. The smallest absolute Gasteiger partial charge is 0.166 e. The summed E-state index contributed by atoms with van der Waals surface area (Å²) in [5, 5.41) is 3.94. The van der Waals surface area contributed by atoms with Crippen LogP contribution in [0.3, 0.4) is 0 Å². The predicted molar refractivity (Wildman–Crippen MR) is 76.7 cm³/mol. The van der Waals surface area contributed by atoms with Gasteiger partial charge in [0.15, 0.2) is 11.6 Å². The van der Waals surface area contributed by atoms with Gasteiger partial charge in [0.05, 0.1) is 0 Å². The molecular formula is C16H14ClF2N. The molecule has 0 heterocycles. The van der Waals surface area contributed by atoms with Crippen molar-refractivity contribution in [1.82, 2.24) is 5.32 Å². The van der Waals surface area contributed by atoms with Crippen molar-refractivity contribution in [1.29, 1.82) is 0 Å². The zero-order chi connectivity index (χ0) is 14.1. The molecule has 1 fully saturated rings. The van der Waals surface area contributed by atoms with Crippen LogP contribution in [0.5, 0.6) is 0 Å². The van der Waals surface area contributed by atoms with Gasteiger partial charge in [-0.3, -0.25) is 0 Å². The van der Waals surface area contributed by atoms with E-state index in [-0.39, 0.29) is 5.56 Å². The summed E-state index contributed by atoms with van der Waals surface area (Å²) in [5.74, 6) is -1.69. The van der Waals surface area contributed by atoms with Crippen molar-refractivity contribution in [2.24, 2.45) is 0 Å². The zero-order valence-corrected chi connectivity index (χ0v) is 11.6. The van der Waals surface area contributed by atoms with E-state index in [0.29, 0.717) is 23.2 Å². The minimum Gasteiger partial charge on any atom is -0.310 e. The molecule has 0 amide bonds. The molecule has 3 rings (SSSR count). The minimum atomic E-state index is -0.849. The second-order valence-electron chi connectivity index (χ2n) is 5.06. The van der Waals surface area contributed by atoms with Crippen LogP contribution in [0.4, 0.5) is 8.78 Å². The summed E-state index contributed by atoms with van der Waals surface area (Å²) >= 11 is 6.22. The highest BCUT2D eigenvalue weighted by Gasteiger charge is 2.20. The van der Waals surface area contributed by atoms with Gasteiger partial charge in [0.1, 0.15) is 0 Å². The molecule has 0 bridgehead atoms. The Hall–Kier alpha value is -1.45. The molecule has 0 radical (unpaired) electrons. The average Bonchev–Trinajstić information content (AvgIpc) is 3.25. The summed E-state index contributed by atoms with van der Waals surface area (Å²) in [6, 6.07) is 10.1. The molecule has 1 N–H and O–H groups in total. The van der Waals surface area contributed by atoms with Crippen LogP contribution in [0.1, 0.15) is 18.4 Å². The quantitative estimate of drug-likeness (QED) is 0.873. The largest absolute Gasteiger partial charge is 0.310 e. The van der Waals surface area contributed by atoms with Crippen molar-refractivity contribution in [2.75, 3.05) is 0 Å². The van der Waals surface area contributed by atoms with Crippen LogP contribution in [-0.2, 0) is 6.54 Å². The fraction of sp³-hybridized carbons (Fsp3) is 0.250. The van der Waals surface area contributed by atoms with E-state index in [9.17, 15) is 8.78 Å². The van der Waals surface area contributed by atoms with Gasteiger partial charge in [-0.15, -0.1) is 0 Å². The standard InChI is InChI=1S/C16H14ClF2N/c17-14-8-10(13-2-1-3-15(18)16(13)19)4-5-11(14)9-20-12-6-7-12/h1-5,8,12,20H,6-7,9H2. The number of hydrogen-bond donors (Lipinski definition) is 1. The van der Waals surface area contributed by atoms with Gasteiger partial charge in [-0.1, -0.05) is 35.9 Å². The lowest BCUT2D eigenvalue weighted by atomic mass is 10.0. The molecule has 4 heteroatoms. The van der Waals surface area contributed by atoms with E-state index in [1.807, 2.05) is 6.07 Å². The maximum absolute atomic E-state index is 13.8. The van der Waals surface area contributed by atoms with Gasteiger partial charge in [-0.25, -0.2) is 8.78 Å². The third-order valence-corrected chi connectivity index (χ3v) is 3.83. The van der Waals surface area contributed by atoms with E-state index >= 15 is 0 Å². The zero-order valence-electron chi connectivity index (χ0n) is 10.8. The fourth-order valence-electron chi connectivity index (χ4n) is 2.13. The summed E-state index contributed by atoms with van der Waals surface area (Å²) in [7, 11) is 0. The van der Waals surface area contributed by atoms with E-state index in [4.69, 9.17) is 11.6 Å². The van der Waals surface area contributed by atoms with Gasteiger partial charge >= 0.3 is 0 Å². The second kappa shape index (κ2) is 5.51. The van der Waals surface area contributed by atoms with Crippen LogP contribution in [0.25, 0.3) is 11.1 Å². The number of halogens is 3. The van der Waals surface area contributed by atoms with Gasteiger partial charge in [0.25, 0.3) is 0 Å². The molecule has 20 heavy (non-hydrogen) atoms. The number of benzene rings is 2. The average molecular weight is 294 g/mol. The van der Waals surface area contributed by atoms with Crippen molar-refractivity contribution >= 4 is 11.6 Å². The summed E-state index contributed by atoms with van der Waals surface area (Å²) in [6.07, 6.45) is 2.43. The second-order valence-corrected chi connectivity index (χ2v) is 5.47. The maximum Gasteiger partial charge on any atom is 0.166 e. The number of hydrogen-bond acceptors (Lipinski definition) is 1. The Labute approximate surface area is 121 Å². The Balaban J connectivity index is 1.87. The Bertz CT molecular complexity index is 638. The molecule has 2 aromatic rings. The van der Waals surface area contributed by atoms with Gasteiger partial charge in [-0.2, -0.15) is 0 Å². The van der Waals surface area contributed by atoms with Crippen LogP contribution >= 0.6 is 11.6 Å². The summed E-state index contributed by atoms with van der Waals surface area (Å²) in [4.78, 5) is 0.